The van der Waals surface area contributed by atoms with Gasteiger partial charge in [0.05, 0.1) is 13.2 Å². The van der Waals surface area contributed by atoms with Crippen LogP contribution in [0.5, 0.6) is 0 Å². The summed E-state index contributed by atoms with van der Waals surface area (Å²) in [6.45, 7) is 5.09. The summed E-state index contributed by atoms with van der Waals surface area (Å²) in [6, 6.07) is 4.11. The molecule has 1 aliphatic heterocycles. The van der Waals surface area contributed by atoms with Crippen LogP contribution in [0.15, 0.2) is 23.3 Å². The van der Waals surface area contributed by atoms with Crippen LogP contribution in [0.1, 0.15) is 18.4 Å². The van der Waals surface area contributed by atoms with Crippen LogP contribution in [0, 0.1) is 5.92 Å². The highest BCUT2D eigenvalue weighted by molar-refractivity contribution is 5.79. The number of hydrogen-bond donors (Lipinski definition) is 2. The molecular weight excluding hydrogens is 278 g/mol. The van der Waals surface area contributed by atoms with Gasteiger partial charge in [-0.3, -0.25) is 4.99 Å². The summed E-state index contributed by atoms with van der Waals surface area (Å²) in [5, 5.41) is 6.77. The van der Waals surface area contributed by atoms with Gasteiger partial charge in [-0.05, 0) is 24.8 Å². The van der Waals surface area contributed by atoms with E-state index in [9.17, 15) is 0 Å². The predicted octanol–water partition coefficient (Wildman–Crippen LogP) is 0.993. The Kier molecular flexibility index (Phi) is 5.11. The number of ether oxygens (including phenoxy) is 1. The fraction of sp³-hybridized carbons (Fsp3) is 0.625. The number of anilines is 1. The number of hydrogen-bond acceptors (Lipinski definition) is 4. The van der Waals surface area contributed by atoms with E-state index in [1.807, 2.05) is 19.3 Å². The number of aliphatic imine (C=N–C) groups is 1. The molecule has 22 heavy (non-hydrogen) atoms. The third-order valence-corrected chi connectivity index (χ3v) is 4.10. The van der Waals surface area contributed by atoms with Crippen LogP contribution in [0.3, 0.4) is 0 Å². The largest absolute Gasteiger partial charge is 0.378 e. The van der Waals surface area contributed by atoms with Crippen molar-refractivity contribution in [2.45, 2.75) is 19.4 Å². The van der Waals surface area contributed by atoms with Crippen molar-refractivity contribution in [3.63, 3.8) is 0 Å². The van der Waals surface area contributed by atoms with Crippen LogP contribution in [-0.2, 0) is 11.3 Å². The van der Waals surface area contributed by atoms with Gasteiger partial charge in [0.25, 0.3) is 0 Å². The third-order valence-electron chi connectivity index (χ3n) is 4.10. The highest BCUT2D eigenvalue weighted by atomic mass is 16.5. The number of rotatable bonds is 5. The summed E-state index contributed by atoms with van der Waals surface area (Å²) in [7, 11) is 1.81. The molecule has 0 unspecified atom stereocenters. The van der Waals surface area contributed by atoms with E-state index < -0.39 is 0 Å². The van der Waals surface area contributed by atoms with Crippen LogP contribution in [0.4, 0.5) is 5.82 Å². The number of guanidine groups is 1. The van der Waals surface area contributed by atoms with Gasteiger partial charge in [-0.1, -0.05) is 6.07 Å². The monoisotopic (exact) mass is 303 g/mol. The van der Waals surface area contributed by atoms with Gasteiger partial charge in [-0.15, -0.1) is 0 Å². The first-order valence-corrected chi connectivity index (χ1v) is 8.08. The Morgan fingerprint density at radius 1 is 1.36 bits per heavy atom. The lowest BCUT2D eigenvalue weighted by Crippen LogP contribution is -2.40. The molecule has 6 heteroatoms. The summed E-state index contributed by atoms with van der Waals surface area (Å²) in [5.41, 5.74) is 1.19. The maximum Gasteiger partial charge on any atom is 0.191 e. The molecule has 0 amide bonds. The highest BCUT2D eigenvalue weighted by Crippen LogP contribution is 2.27. The van der Waals surface area contributed by atoms with E-state index in [1.165, 1.54) is 18.4 Å². The Morgan fingerprint density at radius 3 is 2.91 bits per heavy atom. The lowest BCUT2D eigenvalue weighted by atomic mass is 10.2. The maximum atomic E-state index is 5.42. The lowest BCUT2D eigenvalue weighted by molar-refractivity contribution is 0.122. The van der Waals surface area contributed by atoms with Gasteiger partial charge in [0, 0.05) is 45.0 Å². The number of morpholine rings is 1. The Bertz CT molecular complexity index is 509. The highest BCUT2D eigenvalue weighted by Gasteiger charge is 2.21. The van der Waals surface area contributed by atoms with E-state index in [-0.39, 0.29) is 0 Å². The molecule has 0 aromatic carbocycles. The van der Waals surface area contributed by atoms with E-state index in [2.05, 4.69) is 31.6 Å². The van der Waals surface area contributed by atoms with Crippen molar-refractivity contribution < 1.29 is 4.74 Å². The second-order valence-electron chi connectivity index (χ2n) is 5.84. The van der Waals surface area contributed by atoms with Gasteiger partial charge < -0.3 is 20.3 Å². The predicted molar refractivity (Wildman–Crippen MR) is 88.2 cm³/mol. The van der Waals surface area contributed by atoms with Crippen LogP contribution in [-0.4, -0.2) is 50.8 Å². The smallest absolute Gasteiger partial charge is 0.191 e. The summed E-state index contributed by atoms with van der Waals surface area (Å²) in [4.78, 5) is 11.1. The van der Waals surface area contributed by atoms with Gasteiger partial charge in [-0.2, -0.15) is 0 Å². The molecule has 1 saturated heterocycles. The van der Waals surface area contributed by atoms with Crippen LogP contribution >= 0.6 is 0 Å². The van der Waals surface area contributed by atoms with Gasteiger partial charge in [0.2, 0.25) is 0 Å². The molecule has 1 saturated carbocycles. The van der Waals surface area contributed by atoms with E-state index in [0.717, 1.165) is 57.1 Å². The summed E-state index contributed by atoms with van der Waals surface area (Å²) in [6.07, 6.45) is 4.54. The Labute approximate surface area is 132 Å². The van der Waals surface area contributed by atoms with E-state index >= 15 is 0 Å². The topological polar surface area (TPSA) is 61.8 Å². The first kappa shape index (κ1) is 15.1. The molecule has 2 aliphatic rings. The standard InChI is InChI=1S/C16H25N5O/c1-17-16(19-11-13-4-5-13)20-12-14-3-2-6-18-15(14)21-7-9-22-10-8-21/h2-3,6,13H,4-5,7-12H2,1H3,(H2,17,19,20). The molecule has 0 radical (unpaired) electrons. The molecule has 1 aromatic rings. The second-order valence-corrected chi connectivity index (χ2v) is 5.84. The van der Waals surface area contributed by atoms with Crippen molar-refractivity contribution in [2.75, 3.05) is 44.8 Å². The summed E-state index contributed by atoms with van der Waals surface area (Å²) in [5.74, 6) is 2.75. The third kappa shape index (κ3) is 4.10. The fourth-order valence-electron chi connectivity index (χ4n) is 2.59. The number of pyridine rings is 1. The van der Waals surface area contributed by atoms with E-state index in [0.29, 0.717) is 0 Å². The molecule has 0 atom stereocenters. The van der Waals surface area contributed by atoms with Gasteiger partial charge in [0.15, 0.2) is 5.96 Å². The minimum absolute atomic E-state index is 0.727. The molecule has 1 aromatic heterocycles. The van der Waals surface area contributed by atoms with Crippen molar-refractivity contribution in [1.82, 2.24) is 15.6 Å². The molecule has 0 spiro atoms. The zero-order valence-corrected chi connectivity index (χ0v) is 13.2. The van der Waals surface area contributed by atoms with E-state index in [1.54, 1.807) is 0 Å². The Morgan fingerprint density at radius 2 is 2.18 bits per heavy atom. The Hall–Kier alpha value is -1.82. The molecule has 2 heterocycles. The average Bonchev–Trinajstić information content (AvgIpc) is 3.40. The molecule has 0 bridgehead atoms. The Balaban J connectivity index is 1.58. The molecule has 1 aliphatic carbocycles. The normalized spacial score (nSPS) is 19.1. The first-order valence-electron chi connectivity index (χ1n) is 8.08. The molecule has 2 N–H and O–H groups in total. The molecular formula is C16H25N5O. The number of aromatic nitrogens is 1. The molecule has 2 fully saturated rings. The zero-order chi connectivity index (χ0) is 15.2. The minimum atomic E-state index is 0.727. The lowest BCUT2D eigenvalue weighted by Gasteiger charge is -2.29. The van der Waals surface area contributed by atoms with Gasteiger partial charge in [-0.25, -0.2) is 4.98 Å². The molecule has 3 rings (SSSR count). The summed E-state index contributed by atoms with van der Waals surface area (Å²) >= 11 is 0. The number of nitrogens with one attached hydrogen (secondary N) is 2. The quantitative estimate of drug-likeness (QED) is 0.627. The maximum absolute atomic E-state index is 5.42. The van der Waals surface area contributed by atoms with Gasteiger partial charge in [0.1, 0.15) is 5.82 Å². The first-order chi connectivity index (χ1) is 10.9. The second kappa shape index (κ2) is 7.45. The van der Waals surface area contributed by atoms with Crippen molar-refractivity contribution in [3.05, 3.63) is 23.9 Å². The SMILES string of the molecule is CN=C(NCc1cccnc1N1CCOCC1)NCC1CC1. The van der Waals surface area contributed by atoms with Crippen molar-refractivity contribution >= 4 is 11.8 Å². The number of nitrogens with zero attached hydrogens (tertiary/aromatic N) is 3. The minimum Gasteiger partial charge on any atom is -0.378 e. The van der Waals surface area contributed by atoms with Gasteiger partial charge >= 0.3 is 0 Å². The zero-order valence-electron chi connectivity index (χ0n) is 13.2. The van der Waals surface area contributed by atoms with Crippen LogP contribution < -0.4 is 15.5 Å². The van der Waals surface area contributed by atoms with Crippen molar-refractivity contribution in [3.8, 4) is 0 Å². The summed E-state index contributed by atoms with van der Waals surface area (Å²) < 4.78 is 5.42. The van der Waals surface area contributed by atoms with Crippen molar-refractivity contribution in [1.29, 1.82) is 0 Å². The van der Waals surface area contributed by atoms with E-state index in [4.69, 9.17) is 4.74 Å². The molecule has 6 nitrogen and oxygen atoms in total. The molecule has 120 valence electrons. The fourth-order valence-corrected chi connectivity index (χ4v) is 2.59. The average molecular weight is 303 g/mol. The van der Waals surface area contributed by atoms with Crippen molar-refractivity contribution in [2.24, 2.45) is 10.9 Å². The van der Waals surface area contributed by atoms with Crippen LogP contribution in [0.25, 0.3) is 0 Å². The van der Waals surface area contributed by atoms with Crippen LogP contribution in [0.2, 0.25) is 0 Å².